The molecule has 2 rings (SSSR count). The van der Waals surface area contributed by atoms with Crippen LogP contribution in [0.4, 0.5) is 0 Å². The average molecular weight is 343 g/mol. The predicted molar refractivity (Wildman–Crippen MR) is 98.4 cm³/mol. The van der Waals surface area contributed by atoms with Gasteiger partial charge in [0.1, 0.15) is 12.2 Å². The van der Waals surface area contributed by atoms with Crippen molar-refractivity contribution in [2.75, 3.05) is 7.05 Å². The molecule has 1 aromatic carbocycles. The smallest absolute Gasteiger partial charge is 0.273 e. The minimum absolute atomic E-state index is 0.0527. The van der Waals surface area contributed by atoms with Crippen LogP contribution in [0.2, 0.25) is 0 Å². The van der Waals surface area contributed by atoms with E-state index in [0.29, 0.717) is 6.54 Å². The van der Waals surface area contributed by atoms with Crippen LogP contribution in [0.5, 0.6) is 0 Å². The summed E-state index contributed by atoms with van der Waals surface area (Å²) >= 11 is 0. The number of nitrogens with one attached hydrogen (secondary N) is 2. The molecule has 1 heterocycles. The van der Waals surface area contributed by atoms with Gasteiger partial charge in [-0.05, 0) is 49.6 Å². The number of hydrogen-bond acceptors (Lipinski definition) is 4. The molecular weight excluding hydrogens is 316 g/mol. The zero-order valence-corrected chi connectivity index (χ0v) is 15.2. The molecule has 1 unspecified atom stereocenters. The van der Waals surface area contributed by atoms with E-state index in [1.807, 2.05) is 39.0 Å². The minimum atomic E-state index is -0.326. The minimum Gasteiger partial charge on any atom is -0.390 e. The first-order chi connectivity index (χ1) is 11.7. The molecule has 6 N–H and O–H groups in total. The van der Waals surface area contributed by atoms with E-state index in [9.17, 15) is 4.79 Å². The number of aryl methyl sites for hydroxylation is 1. The van der Waals surface area contributed by atoms with E-state index >= 15 is 0 Å². The third-order valence-corrected chi connectivity index (χ3v) is 4.39. The van der Waals surface area contributed by atoms with Gasteiger partial charge in [-0.25, -0.2) is 4.59 Å². The van der Waals surface area contributed by atoms with Gasteiger partial charge in [-0.15, -0.1) is 0 Å². The van der Waals surface area contributed by atoms with Crippen molar-refractivity contribution in [3.8, 4) is 11.3 Å². The van der Waals surface area contributed by atoms with Gasteiger partial charge in [0.25, 0.3) is 5.91 Å². The maximum Gasteiger partial charge on any atom is 0.273 e. The number of aromatic amines is 1. The average Bonchev–Trinajstić information content (AvgIpc) is 3.07. The Bertz CT molecular complexity index is 762. The lowest BCUT2D eigenvalue weighted by atomic mass is 10.0. The summed E-state index contributed by atoms with van der Waals surface area (Å²) in [4.78, 5) is 12.2. The third-order valence-electron chi connectivity index (χ3n) is 4.39. The van der Waals surface area contributed by atoms with Crippen LogP contribution in [0.3, 0.4) is 0 Å². The van der Waals surface area contributed by atoms with Crippen LogP contribution >= 0.6 is 0 Å². The Kier molecular flexibility index (Phi) is 5.61. The zero-order chi connectivity index (χ0) is 18.6. The molecule has 0 aliphatic rings. The predicted octanol–water partition coefficient (Wildman–Crippen LogP) is 1.53. The van der Waals surface area contributed by atoms with Gasteiger partial charge in [-0.2, -0.15) is 10.9 Å². The van der Waals surface area contributed by atoms with Gasteiger partial charge < -0.3 is 11.1 Å². The van der Waals surface area contributed by atoms with Crippen molar-refractivity contribution in [3.05, 3.63) is 53.5 Å². The number of carbonyl (C=O) groups is 1. The normalized spacial score (nSPS) is 14.4. The fourth-order valence-electron chi connectivity index (χ4n) is 2.26. The van der Waals surface area contributed by atoms with E-state index in [1.165, 1.54) is 0 Å². The Labute approximate surface area is 148 Å². The van der Waals surface area contributed by atoms with Crippen LogP contribution in [-0.4, -0.2) is 33.8 Å². The van der Waals surface area contributed by atoms with E-state index in [4.69, 9.17) is 11.6 Å². The van der Waals surface area contributed by atoms with Crippen molar-refractivity contribution in [2.45, 2.75) is 33.4 Å². The summed E-state index contributed by atoms with van der Waals surface area (Å²) < 4.78 is 0.0527. The molecule has 0 spiro atoms. The Morgan fingerprint density at radius 2 is 2.12 bits per heavy atom. The monoisotopic (exact) mass is 343 g/mol. The number of aromatic nitrogens is 2. The number of nitrogens with two attached hydrogens (primary N) is 2. The van der Waals surface area contributed by atoms with Gasteiger partial charge in [0, 0.05) is 12.7 Å². The zero-order valence-electron chi connectivity index (χ0n) is 15.2. The fourth-order valence-corrected chi connectivity index (χ4v) is 2.26. The molecule has 1 aromatic heterocycles. The molecule has 7 nitrogen and oxygen atoms in total. The first kappa shape index (κ1) is 18.7. The van der Waals surface area contributed by atoms with Gasteiger partial charge in [-0.3, -0.25) is 9.89 Å². The molecular formula is C18H27N6O+. The van der Waals surface area contributed by atoms with Crippen LogP contribution in [0.1, 0.15) is 25.0 Å². The van der Waals surface area contributed by atoms with E-state index in [1.54, 1.807) is 19.4 Å². The lowest BCUT2D eigenvalue weighted by molar-refractivity contribution is -0.893. The second-order valence-electron chi connectivity index (χ2n) is 6.69. The molecule has 0 aliphatic heterocycles. The topological polar surface area (TPSA) is 110 Å². The molecule has 0 aliphatic carbocycles. The van der Waals surface area contributed by atoms with Crippen LogP contribution < -0.4 is 16.9 Å². The third kappa shape index (κ3) is 4.68. The van der Waals surface area contributed by atoms with Gasteiger partial charge in [-0.1, -0.05) is 12.1 Å². The second kappa shape index (κ2) is 7.50. The highest BCUT2D eigenvalue weighted by molar-refractivity contribution is 5.92. The lowest BCUT2D eigenvalue weighted by Crippen LogP contribution is -2.52. The van der Waals surface area contributed by atoms with Crippen LogP contribution in [0.25, 0.3) is 11.3 Å². The maximum atomic E-state index is 12.2. The highest BCUT2D eigenvalue weighted by Gasteiger charge is 2.21. The summed E-state index contributed by atoms with van der Waals surface area (Å²) in [6.45, 7) is 6.34. The number of benzene rings is 1. The Hall–Kier alpha value is -2.64. The molecule has 0 saturated heterocycles. The number of amides is 1. The molecule has 0 saturated carbocycles. The number of rotatable bonds is 6. The van der Waals surface area contributed by atoms with Crippen molar-refractivity contribution in [2.24, 2.45) is 11.6 Å². The molecule has 0 bridgehead atoms. The Morgan fingerprint density at radius 3 is 2.68 bits per heavy atom. The van der Waals surface area contributed by atoms with Gasteiger partial charge >= 0.3 is 0 Å². The van der Waals surface area contributed by atoms with Crippen molar-refractivity contribution in [1.29, 1.82) is 0 Å². The number of quaternary nitrogens is 1. The summed E-state index contributed by atoms with van der Waals surface area (Å²) in [5, 5.41) is 9.73. The Morgan fingerprint density at radius 1 is 1.40 bits per heavy atom. The SMILES string of the molecule is Cc1cc(-c2ccn[nH]2)ccc1CNC(=O)/C(N)=C/[N+](C)(N)C(C)C. The van der Waals surface area contributed by atoms with E-state index in [0.717, 1.165) is 22.4 Å². The van der Waals surface area contributed by atoms with Gasteiger partial charge in [0.15, 0.2) is 5.70 Å². The summed E-state index contributed by atoms with van der Waals surface area (Å²) in [5.41, 5.74) is 10.1. The van der Waals surface area contributed by atoms with Crippen LogP contribution in [0.15, 0.2) is 42.4 Å². The Balaban J connectivity index is 2.04. The van der Waals surface area contributed by atoms with E-state index < -0.39 is 0 Å². The summed E-state index contributed by atoms with van der Waals surface area (Å²) in [5.74, 6) is 5.76. The molecule has 25 heavy (non-hydrogen) atoms. The van der Waals surface area contributed by atoms with Crippen molar-refractivity contribution < 1.29 is 9.39 Å². The van der Waals surface area contributed by atoms with E-state index in [2.05, 4.69) is 21.6 Å². The number of hydrogen-bond donors (Lipinski definition) is 4. The second-order valence-corrected chi connectivity index (χ2v) is 6.69. The number of nitrogens with zero attached hydrogens (tertiary/aromatic N) is 2. The summed E-state index contributed by atoms with van der Waals surface area (Å²) in [6, 6.07) is 8.07. The molecule has 0 fully saturated rings. The lowest BCUT2D eigenvalue weighted by Gasteiger charge is -2.28. The number of H-pyrrole nitrogens is 1. The first-order valence-electron chi connectivity index (χ1n) is 8.21. The standard InChI is InChI=1S/C18H26N6O/c1-12(2)24(4,20)11-16(19)18(25)21-10-15-6-5-14(9-13(15)3)17-7-8-22-23-17/h5-9,11-12H,10,19-20H2,1-4H3,(H-,21,22,23,25)/p+1/b16-11-. The van der Waals surface area contributed by atoms with Crippen LogP contribution in [0, 0.1) is 6.92 Å². The summed E-state index contributed by atoms with van der Waals surface area (Å²) in [6.07, 6.45) is 3.28. The first-order valence-corrected chi connectivity index (χ1v) is 8.21. The fraction of sp³-hybridized carbons (Fsp3) is 0.333. The molecule has 1 atom stereocenters. The van der Waals surface area contributed by atoms with Crippen LogP contribution in [-0.2, 0) is 11.3 Å². The molecule has 134 valence electrons. The summed E-state index contributed by atoms with van der Waals surface area (Å²) in [7, 11) is 1.79. The molecule has 7 heteroatoms. The van der Waals surface area contributed by atoms with Crippen molar-refractivity contribution in [1.82, 2.24) is 15.5 Å². The van der Waals surface area contributed by atoms with Crippen molar-refractivity contribution >= 4 is 5.91 Å². The highest BCUT2D eigenvalue weighted by atomic mass is 16.2. The molecule has 1 amide bonds. The van der Waals surface area contributed by atoms with Gasteiger partial charge in [0.05, 0.1) is 12.7 Å². The van der Waals surface area contributed by atoms with E-state index in [-0.39, 0.29) is 22.2 Å². The highest BCUT2D eigenvalue weighted by Crippen LogP contribution is 2.20. The van der Waals surface area contributed by atoms with Gasteiger partial charge in [0.2, 0.25) is 0 Å². The van der Waals surface area contributed by atoms with Crippen molar-refractivity contribution in [3.63, 3.8) is 0 Å². The molecule has 2 aromatic rings. The largest absolute Gasteiger partial charge is 0.390 e. The maximum absolute atomic E-state index is 12.2. The molecule has 0 radical (unpaired) electrons. The number of carbonyl (C=O) groups excluding carboxylic acids is 1. The quantitative estimate of drug-likeness (QED) is 0.276.